The third kappa shape index (κ3) is 7.80. The van der Waals surface area contributed by atoms with E-state index in [0.29, 0.717) is 31.3 Å². The van der Waals surface area contributed by atoms with Crippen molar-refractivity contribution >= 4 is 35.0 Å². The van der Waals surface area contributed by atoms with Crippen LogP contribution in [-0.4, -0.2) is 64.2 Å². The normalized spacial score (nSPS) is 18.8. The first-order chi connectivity index (χ1) is 17.6. The number of rotatable bonds is 13. The summed E-state index contributed by atoms with van der Waals surface area (Å²) in [6, 6.07) is 11.6. The van der Waals surface area contributed by atoms with Gasteiger partial charge in [-0.15, -0.1) is 11.3 Å². The molecule has 2 fully saturated rings. The Morgan fingerprint density at radius 3 is 2.78 bits per heavy atom. The first kappa shape index (κ1) is 27.1. The Morgan fingerprint density at radius 1 is 1.19 bits per heavy atom. The first-order valence-electron chi connectivity index (χ1n) is 13.5. The topological polar surface area (TPSA) is 62.7 Å². The average Bonchev–Trinajstić information content (AvgIpc) is 3.52. The smallest absolute Gasteiger partial charge is 0.357 e. The highest BCUT2D eigenvalue weighted by atomic mass is 32.2. The number of likely N-dealkylation sites (tertiary alicyclic amines) is 1. The number of thioether (sulfide) groups is 1. The molecule has 0 bridgehead atoms. The fraction of sp³-hybridized carbons (Fsp3) is 0.607. The fourth-order valence-corrected chi connectivity index (χ4v) is 7.00. The van der Waals surface area contributed by atoms with Crippen molar-refractivity contribution in [3.05, 3.63) is 47.0 Å². The third-order valence-electron chi connectivity index (χ3n) is 7.20. The van der Waals surface area contributed by atoms with Crippen LogP contribution in [0.5, 0.6) is 0 Å². The van der Waals surface area contributed by atoms with Gasteiger partial charge in [0.2, 0.25) is 5.91 Å². The quantitative estimate of drug-likeness (QED) is 0.180. The van der Waals surface area contributed by atoms with Crippen LogP contribution < -0.4 is 0 Å². The minimum absolute atomic E-state index is 0.267. The largest absolute Gasteiger partial charge is 0.461 e. The molecule has 1 amide bonds. The molecule has 196 valence electrons. The van der Waals surface area contributed by atoms with E-state index in [-0.39, 0.29) is 17.9 Å². The van der Waals surface area contributed by atoms with Crippen molar-refractivity contribution < 1.29 is 14.3 Å². The van der Waals surface area contributed by atoms with Crippen molar-refractivity contribution in [2.45, 2.75) is 87.7 Å². The molecule has 1 aromatic carbocycles. The molecular formula is C28H39N3O3S2. The van der Waals surface area contributed by atoms with Crippen LogP contribution in [0.25, 0.3) is 0 Å². The number of thiazole rings is 1. The molecule has 0 N–H and O–H groups in total. The van der Waals surface area contributed by atoms with E-state index in [0.717, 1.165) is 42.4 Å². The molecule has 8 heteroatoms. The van der Waals surface area contributed by atoms with Gasteiger partial charge in [-0.05, 0) is 31.2 Å². The predicted octanol–water partition coefficient (Wildman–Crippen LogP) is 6.02. The lowest BCUT2D eigenvalue weighted by Gasteiger charge is -2.38. The summed E-state index contributed by atoms with van der Waals surface area (Å²) < 4.78 is 6.12. The molecule has 1 saturated heterocycles. The van der Waals surface area contributed by atoms with E-state index >= 15 is 0 Å². The lowest BCUT2D eigenvalue weighted by Crippen LogP contribution is -2.46. The van der Waals surface area contributed by atoms with Crippen molar-refractivity contribution in [1.82, 2.24) is 14.8 Å². The highest BCUT2D eigenvalue weighted by Crippen LogP contribution is 2.29. The molecule has 1 aromatic heterocycles. The highest BCUT2D eigenvalue weighted by Gasteiger charge is 2.34. The number of hydrogen-bond donors (Lipinski definition) is 0. The maximum atomic E-state index is 12.8. The van der Waals surface area contributed by atoms with E-state index in [2.05, 4.69) is 52.0 Å². The summed E-state index contributed by atoms with van der Waals surface area (Å²) in [6.45, 7) is 5.12. The molecule has 0 unspecified atom stereocenters. The highest BCUT2D eigenvalue weighted by molar-refractivity contribution is 8.01. The summed E-state index contributed by atoms with van der Waals surface area (Å²) in [5, 5.41) is 1.77. The number of unbranched alkanes of at least 4 members (excludes halogenated alkanes) is 1. The molecule has 4 rings (SSSR count). The Labute approximate surface area is 223 Å². The number of amides is 1. The third-order valence-corrected chi connectivity index (χ3v) is 9.20. The molecule has 0 radical (unpaired) electrons. The van der Waals surface area contributed by atoms with Gasteiger partial charge >= 0.3 is 5.97 Å². The number of hydrogen-bond acceptors (Lipinski definition) is 7. The molecular weight excluding hydrogens is 490 g/mol. The second-order valence-electron chi connectivity index (χ2n) is 9.82. The molecule has 2 aromatic rings. The van der Waals surface area contributed by atoms with Crippen LogP contribution in [0.2, 0.25) is 0 Å². The van der Waals surface area contributed by atoms with Gasteiger partial charge in [0.25, 0.3) is 0 Å². The lowest BCUT2D eigenvalue weighted by atomic mass is 9.93. The molecule has 1 aliphatic carbocycles. The maximum absolute atomic E-state index is 12.8. The molecule has 6 nitrogen and oxygen atoms in total. The van der Waals surface area contributed by atoms with Crippen LogP contribution in [0.4, 0.5) is 0 Å². The zero-order valence-corrected chi connectivity index (χ0v) is 23.0. The molecule has 1 aliphatic heterocycles. The Hall–Kier alpha value is -1.90. The van der Waals surface area contributed by atoms with Crippen molar-refractivity contribution in [2.24, 2.45) is 0 Å². The average molecular weight is 530 g/mol. The van der Waals surface area contributed by atoms with E-state index in [9.17, 15) is 9.59 Å². The van der Waals surface area contributed by atoms with Gasteiger partial charge in [-0.25, -0.2) is 9.78 Å². The standard InChI is InChI=1S/C28H39N3O3S2/c1-2-3-17-34-27(33)25-21-36-28(29-25)35-18-16-31-24(14-15-26(31)32)20-30(23-12-8-5-9-13-23)19-22-10-6-4-7-11-22/h4,6-7,10-11,21,23-24H,2-3,5,8-9,12-20H2,1H3/t24-/m1/s1. The molecule has 2 aliphatic rings. The summed E-state index contributed by atoms with van der Waals surface area (Å²) in [5.74, 6) is 0.702. The van der Waals surface area contributed by atoms with E-state index in [1.54, 1.807) is 17.1 Å². The van der Waals surface area contributed by atoms with Crippen molar-refractivity contribution in [1.29, 1.82) is 0 Å². The summed E-state index contributed by atoms with van der Waals surface area (Å²) in [5.41, 5.74) is 1.74. The SMILES string of the molecule is CCCCOC(=O)c1csc(SCCN2C(=O)CC[C@@H]2CN(Cc2ccccc2)C2CCCCC2)n1. The van der Waals surface area contributed by atoms with Crippen LogP contribution in [0.1, 0.15) is 80.8 Å². The zero-order chi connectivity index (χ0) is 25.2. The van der Waals surface area contributed by atoms with Gasteiger partial charge in [0.15, 0.2) is 10.0 Å². The Kier molecular flexibility index (Phi) is 10.7. The Bertz CT molecular complexity index is 962. The van der Waals surface area contributed by atoms with Gasteiger partial charge in [-0.3, -0.25) is 9.69 Å². The number of ether oxygens (including phenoxy) is 1. The predicted molar refractivity (Wildman–Crippen MR) is 146 cm³/mol. The van der Waals surface area contributed by atoms with E-state index < -0.39 is 0 Å². The summed E-state index contributed by atoms with van der Waals surface area (Å²) in [6.07, 6.45) is 9.92. The molecule has 2 heterocycles. The zero-order valence-electron chi connectivity index (χ0n) is 21.4. The second kappa shape index (κ2) is 14.1. The van der Waals surface area contributed by atoms with Crippen LogP contribution in [-0.2, 0) is 16.1 Å². The van der Waals surface area contributed by atoms with Crippen LogP contribution in [0.15, 0.2) is 40.1 Å². The van der Waals surface area contributed by atoms with Gasteiger partial charge < -0.3 is 9.64 Å². The van der Waals surface area contributed by atoms with E-state index in [4.69, 9.17) is 4.74 Å². The molecule has 36 heavy (non-hydrogen) atoms. The van der Waals surface area contributed by atoms with Crippen LogP contribution >= 0.6 is 23.1 Å². The maximum Gasteiger partial charge on any atom is 0.357 e. The number of nitrogens with zero attached hydrogens (tertiary/aromatic N) is 3. The van der Waals surface area contributed by atoms with E-state index in [1.165, 1.54) is 49.0 Å². The number of benzene rings is 1. The number of carbonyl (C=O) groups excluding carboxylic acids is 2. The Balaban J connectivity index is 1.31. The number of carbonyl (C=O) groups is 2. The Morgan fingerprint density at radius 2 is 2.00 bits per heavy atom. The minimum Gasteiger partial charge on any atom is -0.461 e. The van der Waals surface area contributed by atoms with Gasteiger partial charge in [0, 0.05) is 49.3 Å². The fourth-order valence-electron chi connectivity index (χ4n) is 5.20. The van der Waals surface area contributed by atoms with Crippen LogP contribution in [0.3, 0.4) is 0 Å². The van der Waals surface area contributed by atoms with Gasteiger partial charge in [-0.2, -0.15) is 0 Å². The summed E-state index contributed by atoms with van der Waals surface area (Å²) in [7, 11) is 0. The number of esters is 1. The number of aromatic nitrogens is 1. The van der Waals surface area contributed by atoms with Crippen molar-refractivity contribution in [3.63, 3.8) is 0 Å². The van der Waals surface area contributed by atoms with Crippen LogP contribution in [0, 0.1) is 0 Å². The minimum atomic E-state index is -0.345. The first-order valence-corrected chi connectivity index (χ1v) is 15.3. The van der Waals surface area contributed by atoms with Crippen molar-refractivity contribution in [3.8, 4) is 0 Å². The van der Waals surface area contributed by atoms with Gasteiger partial charge in [0.05, 0.1) is 6.61 Å². The molecule has 0 spiro atoms. The van der Waals surface area contributed by atoms with Gasteiger partial charge in [0.1, 0.15) is 0 Å². The second-order valence-corrected chi connectivity index (χ2v) is 12.0. The summed E-state index contributed by atoms with van der Waals surface area (Å²) in [4.78, 5) is 34.1. The summed E-state index contributed by atoms with van der Waals surface area (Å²) >= 11 is 3.09. The lowest BCUT2D eigenvalue weighted by molar-refractivity contribution is -0.129. The van der Waals surface area contributed by atoms with Gasteiger partial charge in [-0.1, -0.05) is 74.7 Å². The van der Waals surface area contributed by atoms with E-state index in [1.807, 2.05) is 0 Å². The molecule has 1 atom stereocenters. The molecule has 1 saturated carbocycles. The monoisotopic (exact) mass is 529 g/mol. The van der Waals surface area contributed by atoms with Crippen molar-refractivity contribution in [2.75, 3.05) is 25.4 Å².